The van der Waals surface area contributed by atoms with Crippen molar-refractivity contribution in [3.05, 3.63) is 89.5 Å². The van der Waals surface area contributed by atoms with Crippen LogP contribution in [0.25, 0.3) is 17.1 Å². The Kier molecular flexibility index (Phi) is 5.95. The van der Waals surface area contributed by atoms with Gasteiger partial charge in [0.1, 0.15) is 11.6 Å². The second kappa shape index (κ2) is 8.97. The average molecular weight is 437 g/mol. The molecule has 0 radical (unpaired) electrons. The van der Waals surface area contributed by atoms with Gasteiger partial charge in [0, 0.05) is 16.3 Å². The Labute approximate surface area is 183 Å². The fourth-order valence-electron chi connectivity index (χ4n) is 2.98. The van der Waals surface area contributed by atoms with E-state index in [1.54, 1.807) is 48.5 Å². The Morgan fingerprint density at radius 1 is 1.10 bits per heavy atom. The SMILES string of the molecule is CCOc1ccc(-n2nc(C(=O)Nc3cccc(Cl)c3)nc2-c2ccc(F)cc2)cc1. The summed E-state index contributed by atoms with van der Waals surface area (Å²) in [5.41, 5.74) is 1.82. The predicted molar refractivity (Wildman–Crippen MR) is 117 cm³/mol. The zero-order valence-corrected chi connectivity index (χ0v) is 17.3. The Morgan fingerprint density at radius 2 is 1.84 bits per heavy atom. The van der Waals surface area contributed by atoms with Crippen LogP contribution < -0.4 is 10.1 Å². The number of amides is 1. The summed E-state index contributed by atoms with van der Waals surface area (Å²) in [4.78, 5) is 17.2. The van der Waals surface area contributed by atoms with Crippen LogP contribution in [-0.4, -0.2) is 27.3 Å². The van der Waals surface area contributed by atoms with Crippen molar-refractivity contribution in [2.45, 2.75) is 6.92 Å². The molecule has 0 bridgehead atoms. The van der Waals surface area contributed by atoms with Crippen LogP contribution in [0.1, 0.15) is 17.5 Å². The lowest BCUT2D eigenvalue weighted by Gasteiger charge is -2.08. The molecule has 0 spiro atoms. The molecule has 1 N–H and O–H groups in total. The maximum atomic E-state index is 13.4. The van der Waals surface area contributed by atoms with Crippen LogP contribution in [0.5, 0.6) is 5.75 Å². The van der Waals surface area contributed by atoms with Gasteiger partial charge in [-0.15, -0.1) is 5.10 Å². The summed E-state index contributed by atoms with van der Waals surface area (Å²) in [7, 11) is 0. The summed E-state index contributed by atoms with van der Waals surface area (Å²) < 4.78 is 20.4. The van der Waals surface area contributed by atoms with E-state index in [0.29, 0.717) is 40.1 Å². The number of benzene rings is 3. The molecule has 0 atom stereocenters. The smallest absolute Gasteiger partial charge is 0.295 e. The van der Waals surface area contributed by atoms with E-state index in [9.17, 15) is 9.18 Å². The normalized spacial score (nSPS) is 10.7. The van der Waals surface area contributed by atoms with Crippen LogP contribution in [0, 0.1) is 5.82 Å². The number of anilines is 1. The first-order valence-corrected chi connectivity index (χ1v) is 9.94. The molecule has 8 heteroatoms. The van der Waals surface area contributed by atoms with Crippen LogP contribution in [0.3, 0.4) is 0 Å². The van der Waals surface area contributed by atoms with Crippen LogP contribution in [0.4, 0.5) is 10.1 Å². The van der Waals surface area contributed by atoms with Gasteiger partial charge >= 0.3 is 0 Å². The largest absolute Gasteiger partial charge is 0.494 e. The lowest BCUT2D eigenvalue weighted by Crippen LogP contribution is -2.14. The number of nitrogens with zero attached hydrogens (tertiary/aromatic N) is 3. The fourth-order valence-corrected chi connectivity index (χ4v) is 3.17. The molecular formula is C23H18ClFN4O2. The highest BCUT2D eigenvalue weighted by Crippen LogP contribution is 2.24. The number of ether oxygens (including phenoxy) is 1. The molecule has 156 valence electrons. The van der Waals surface area contributed by atoms with Crippen molar-refractivity contribution >= 4 is 23.2 Å². The molecule has 0 unspecified atom stereocenters. The number of rotatable bonds is 6. The second-order valence-corrected chi connectivity index (χ2v) is 7.01. The summed E-state index contributed by atoms with van der Waals surface area (Å²) in [5.74, 6) is 0.229. The molecule has 4 aromatic rings. The Hall–Kier alpha value is -3.71. The Morgan fingerprint density at radius 3 is 2.52 bits per heavy atom. The zero-order valence-electron chi connectivity index (χ0n) is 16.5. The summed E-state index contributed by atoms with van der Waals surface area (Å²) in [6, 6.07) is 19.9. The monoisotopic (exact) mass is 436 g/mol. The third-order valence-corrected chi connectivity index (χ3v) is 4.62. The van der Waals surface area contributed by atoms with E-state index in [4.69, 9.17) is 16.3 Å². The summed E-state index contributed by atoms with van der Waals surface area (Å²) in [5, 5.41) is 7.63. The summed E-state index contributed by atoms with van der Waals surface area (Å²) >= 11 is 5.98. The van der Waals surface area contributed by atoms with Gasteiger partial charge in [-0.05, 0) is 73.7 Å². The van der Waals surface area contributed by atoms with Crippen molar-refractivity contribution in [3.63, 3.8) is 0 Å². The van der Waals surface area contributed by atoms with Crippen LogP contribution >= 0.6 is 11.6 Å². The van der Waals surface area contributed by atoms with Crippen molar-refractivity contribution in [2.24, 2.45) is 0 Å². The van der Waals surface area contributed by atoms with Gasteiger partial charge in [-0.3, -0.25) is 4.79 Å². The highest BCUT2D eigenvalue weighted by Gasteiger charge is 2.19. The molecule has 6 nitrogen and oxygen atoms in total. The average Bonchev–Trinajstić information content (AvgIpc) is 3.21. The van der Waals surface area contributed by atoms with Gasteiger partial charge in [-0.2, -0.15) is 0 Å². The maximum absolute atomic E-state index is 13.4. The molecule has 1 heterocycles. The number of halogens is 2. The van der Waals surface area contributed by atoms with E-state index < -0.39 is 5.91 Å². The Bertz CT molecular complexity index is 1210. The Balaban J connectivity index is 1.72. The number of aromatic nitrogens is 3. The van der Waals surface area contributed by atoms with Gasteiger partial charge < -0.3 is 10.1 Å². The number of carbonyl (C=O) groups is 1. The first-order chi connectivity index (χ1) is 15.0. The molecule has 0 aliphatic carbocycles. The first kappa shape index (κ1) is 20.6. The molecule has 4 rings (SSSR count). The molecule has 0 fully saturated rings. The quantitative estimate of drug-likeness (QED) is 0.440. The highest BCUT2D eigenvalue weighted by atomic mass is 35.5. The second-order valence-electron chi connectivity index (χ2n) is 6.57. The number of hydrogen-bond acceptors (Lipinski definition) is 4. The van der Waals surface area contributed by atoms with E-state index in [1.807, 2.05) is 19.1 Å². The van der Waals surface area contributed by atoms with E-state index in [0.717, 1.165) is 0 Å². The van der Waals surface area contributed by atoms with E-state index in [-0.39, 0.29) is 11.6 Å². The molecular weight excluding hydrogens is 419 g/mol. The van der Waals surface area contributed by atoms with Crippen LogP contribution in [0.2, 0.25) is 5.02 Å². The highest BCUT2D eigenvalue weighted by molar-refractivity contribution is 6.30. The van der Waals surface area contributed by atoms with Gasteiger partial charge in [0.25, 0.3) is 5.91 Å². The van der Waals surface area contributed by atoms with Crippen molar-refractivity contribution in [1.82, 2.24) is 14.8 Å². The maximum Gasteiger partial charge on any atom is 0.295 e. The zero-order chi connectivity index (χ0) is 21.8. The molecule has 1 amide bonds. The van der Waals surface area contributed by atoms with Crippen LogP contribution in [-0.2, 0) is 0 Å². The third-order valence-electron chi connectivity index (χ3n) is 4.39. The lowest BCUT2D eigenvalue weighted by atomic mass is 10.2. The molecule has 0 aliphatic rings. The van der Waals surface area contributed by atoms with Crippen molar-refractivity contribution in [2.75, 3.05) is 11.9 Å². The van der Waals surface area contributed by atoms with Crippen molar-refractivity contribution in [3.8, 4) is 22.8 Å². The minimum Gasteiger partial charge on any atom is -0.494 e. The fraction of sp³-hybridized carbons (Fsp3) is 0.0870. The van der Waals surface area contributed by atoms with Gasteiger partial charge in [0.15, 0.2) is 5.82 Å². The number of nitrogens with one attached hydrogen (secondary N) is 1. The molecule has 0 saturated carbocycles. The van der Waals surface area contributed by atoms with E-state index in [2.05, 4.69) is 15.4 Å². The summed E-state index contributed by atoms with van der Waals surface area (Å²) in [6.07, 6.45) is 0. The minimum atomic E-state index is -0.490. The van der Waals surface area contributed by atoms with Gasteiger partial charge in [0.05, 0.1) is 12.3 Å². The molecule has 0 aliphatic heterocycles. The van der Waals surface area contributed by atoms with Crippen molar-refractivity contribution < 1.29 is 13.9 Å². The minimum absolute atomic E-state index is 0.0341. The van der Waals surface area contributed by atoms with Crippen LogP contribution in [0.15, 0.2) is 72.8 Å². The number of carbonyl (C=O) groups excluding carboxylic acids is 1. The van der Waals surface area contributed by atoms with E-state index >= 15 is 0 Å². The molecule has 3 aromatic carbocycles. The van der Waals surface area contributed by atoms with E-state index in [1.165, 1.54) is 16.8 Å². The van der Waals surface area contributed by atoms with Gasteiger partial charge in [-0.25, -0.2) is 14.1 Å². The standard InChI is InChI=1S/C23H18ClFN4O2/c1-2-31-20-12-10-19(11-13-20)29-22(15-6-8-17(25)9-7-15)27-21(28-29)23(30)26-18-5-3-4-16(24)14-18/h3-14H,2H2,1H3,(H,26,30). The number of hydrogen-bond donors (Lipinski definition) is 1. The molecule has 31 heavy (non-hydrogen) atoms. The third kappa shape index (κ3) is 4.73. The molecule has 0 saturated heterocycles. The lowest BCUT2D eigenvalue weighted by molar-refractivity contribution is 0.101. The van der Waals surface area contributed by atoms with Crippen molar-refractivity contribution in [1.29, 1.82) is 0 Å². The topological polar surface area (TPSA) is 69.0 Å². The first-order valence-electron chi connectivity index (χ1n) is 9.56. The van der Waals surface area contributed by atoms with Gasteiger partial charge in [0.2, 0.25) is 5.82 Å². The van der Waals surface area contributed by atoms with Gasteiger partial charge in [-0.1, -0.05) is 17.7 Å². The summed E-state index contributed by atoms with van der Waals surface area (Å²) in [6.45, 7) is 2.46. The predicted octanol–water partition coefficient (Wildman–Crippen LogP) is 5.38. The molecule has 1 aromatic heterocycles.